The van der Waals surface area contributed by atoms with Gasteiger partial charge in [0.2, 0.25) is 0 Å². The maximum Gasteiger partial charge on any atom is 0.0681 e. The van der Waals surface area contributed by atoms with Gasteiger partial charge in [-0.15, -0.1) is 0 Å². The van der Waals surface area contributed by atoms with Crippen molar-refractivity contribution < 1.29 is 5.11 Å². The van der Waals surface area contributed by atoms with Gasteiger partial charge in [0.1, 0.15) is 0 Å². The molecular weight excluding hydrogens is 248 g/mol. The van der Waals surface area contributed by atoms with Crippen LogP contribution in [-0.4, -0.2) is 35.7 Å². The summed E-state index contributed by atoms with van der Waals surface area (Å²) < 4.78 is 0. The Labute approximate surface area is 122 Å². The molecule has 0 amide bonds. The van der Waals surface area contributed by atoms with Gasteiger partial charge in [-0.05, 0) is 62.4 Å². The quantitative estimate of drug-likeness (QED) is 0.883. The van der Waals surface area contributed by atoms with E-state index in [1.807, 2.05) is 12.1 Å². The Morgan fingerprint density at radius 1 is 1.05 bits per heavy atom. The molecule has 3 heteroatoms. The minimum absolute atomic E-state index is 0.141. The fourth-order valence-electron chi connectivity index (χ4n) is 3.80. The number of hydrogen-bond acceptors (Lipinski definition) is 3. The van der Waals surface area contributed by atoms with Crippen molar-refractivity contribution in [3.63, 3.8) is 0 Å². The van der Waals surface area contributed by atoms with Gasteiger partial charge in [-0.2, -0.15) is 0 Å². The van der Waals surface area contributed by atoms with E-state index in [1.165, 1.54) is 50.9 Å². The van der Waals surface area contributed by atoms with Gasteiger partial charge in [-0.1, -0.05) is 24.3 Å². The fraction of sp³-hybridized carbons (Fsp3) is 0.647. The van der Waals surface area contributed by atoms with Crippen LogP contribution in [0.15, 0.2) is 24.3 Å². The van der Waals surface area contributed by atoms with Crippen LogP contribution in [-0.2, 0) is 13.2 Å². The lowest BCUT2D eigenvalue weighted by Crippen LogP contribution is -2.40. The third-order valence-electron chi connectivity index (χ3n) is 4.93. The summed E-state index contributed by atoms with van der Waals surface area (Å²) in [6.45, 7) is 4.85. The first kappa shape index (κ1) is 14.1. The predicted molar refractivity (Wildman–Crippen MR) is 81.4 cm³/mol. The summed E-state index contributed by atoms with van der Waals surface area (Å²) in [6, 6.07) is 9.22. The molecule has 110 valence electrons. The topological polar surface area (TPSA) is 35.5 Å². The van der Waals surface area contributed by atoms with Crippen LogP contribution in [0.3, 0.4) is 0 Å². The number of hydrogen-bond donors (Lipinski definition) is 2. The third-order valence-corrected chi connectivity index (χ3v) is 4.93. The Morgan fingerprint density at radius 3 is 2.45 bits per heavy atom. The Bertz CT molecular complexity index is 412. The molecule has 3 nitrogen and oxygen atoms in total. The molecule has 0 aromatic heterocycles. The molecule has 2 fully saturated rings. The SMILES string of the molecule is OCc1ccc(CN2CCCC2C2CCNCC2)cc1. The molecule has 2 aliphatic heterocycles. The zero-order valence-electron chi connectivity index (χ0n) is 12.2. The maximum atomic E-state index is 9.11. The predicted octanol–water partition coefficient (Wildman–Crippen LogP) is 2.14. The number of aliphatic hydroxyl groups excluding tert-OH is 1. The number of piperidine rings is 1. The van der Waals surface area contributed by atoms with E-state index in [4.69, 9.17) is 5.11 Å². The minimum atomic E-state index is 0.141. The number of aliphatic hydroxyl groups is 1. The van der Waals surface area contributed by atoms with E-state index in [0.29, 0.717) is 0 Å². The molecule has 1 atom stereocenters. The third kappa shape index (κ3) is 3.22. The highest BCUT2D eigenvalue weighted by Crippen LogP contribution is 2.30. The fourth-order valence-corrected chi connectivity index (χ4v) is 3.80. The standard InChI is InChI=1S/C17H26N2O/c20-13-15-5-3-14(4-6-15)12-19-11-1-2-17(19)16-7-9-18-10-8-16/h3-6,16-18,20H,1-2,7-13H2. The van der Waals surface area contributed by atoms with Crippen LogP contribution in [0.5, 0.6) is 0 Å². The number of benzene rings is 1. The molecule has 2 saturated heterocycles. The average molecular weight is 274 g/mol. The van der Waals surface area contributed by atoms with Crippen molar-refractivity contribution in [2.45, 2.75) is 44.9 Å². The van der Waals surface area contributed by atoms with Crippen LogP contribution < -0.4 is 5.32 Å². The Balaban J connectivity index is 1.62. The molecule has 0 radical (unpaired) electrons. The monoisotopic (exact) mass is 274 g/mol. The van der Waals surface area contributed by atoms with Gasteiger partial charge in [0.25, 0.3) is 0 Å². The highest BCUT2D eigenvalue weighted by atomic mass is 16.3. The van der Waals surface area contributed by atoms with Gasteiger partial charge in [-0.25, -0.2) is 0 Å². The number of nitrogens with one attached hydrogen (secondary N) is 1. The number of likely N-dealkylation sites (tertiary alicyclic amines) is 1. The van der Waals surface area contributed by atoms with Gasteiger partial charge in [0.15, 0.2) is 0 Å². The zero-order chi connectivity index (χ0) is 13.8. The number of nitrogens with zero attached hydrogens (tertiary/aromatic N) is 1. The van der Waals surface area contributed by atoms with E-state index in [1.54, 1.807) is 0 Å². The largest absolute Gasteiger partial charge is 0.392 e. The molecule has 2 aliphatic rings. The van der Waals surface area contributed by atoms with E-state index in [-0.39, 0.29) is 6.61 Å². The second kappa shape index (κ2) is 6.70. The molecule has 0 spiro atoms. The van der Waals surface area contributed by atoms with Crippen LogP contribution in [0.2, 0.25) is 0 Å². The molecule has 1 aromatic rings. The zero-order valence-corrected chi connectivity index (χ0v) is 12.2. The van der Waals surface area contributed by atoms with Crippen molar-refractivity contribution in [2.24, 2.45) is 5.92 Å². The Hall–Kier alpha value is -0.900. The van der Waals surface area contributed by atoms with Crippen molar-refractivity contribution >= 4 is 0 Å². The summed E-state index contributed by atoms with van der Waals surface area (Å²) in [7, 11) is 0. The molecule has 0 aliphatic carbocycles. The summed E-state index contributed by atoms with van der Waals surface area (Å²) in [4.78, 5) is 2.68. The van der Waals surface area contributed by atoms with E-state index >= 15 is 0 Å². The number of rotatable bonds is 4. The van der Waals surface area contributed by atoms with Gasteiger partial charge >= 0.3 is 0 Å². The molecular formula is C17H26N2O. The first-order chi connectivity index (χ1) is 9.86. The maximum absolute atomic E-state index is 9.11. The highest BCUT2D eigenvalue weighted by molar-refractivity contribution is 5.22. The van der Waals surface area contributed by atoms with E-state index in [0.717, 1.165) is 24.1 Å². The Kier molecular flexibility index (Phi) is 4.71. The van der Waals surface area contributed by atoms with Gasteiger partial charge in [-0.3, -0.25) is 4.90 Å². The minimum Gasteiger partial charge on any atom is -0.392 e. The van der Waals surface area contributed by atoms with Crippen molar-refractivity contribution in [1.82, 2.24) is 10.2 Å². The first-order valence-corrected chi connectivity index (χ1v) is 8.00. The van der Waals surface area contributed by atoms with Crippen molar-refractivity contribution in [3.8, 4) is 0 Å². The molecule has 2 N–H and O–H groups in total. The summed E-state index contributed by atoms with van der Waals surface area (Å²) in [5.74, 6) is 0.885. The molecule has 20 heavy (non-hydrogen) atoms. The highest BCUT2D eigenvalue weighted by Gasteiger charge is 2.32. The van der Waals surface area contributed by atoms with Crippen LogP contribution >= 0.6 is 0 Å². The second-order valence-electron chi connectivity index (χ2n) is 6.24. The van der Waals surface area contributed by atoms with Gasteiger partial charge in [0, 0.05) is 12.6 Å². The van der Waals surface area contributed by atoms with Crippen molar-refractivity contribution in [2.75, 3.05) is 19.6 Å². The van der Waals surface area contributed by atoms with Crippen LogP contribution in [0, 0.1) is 5.92 Å². The average Bonchev–Trinajstić information content (AvgIpc) is 2.97. The molecule has 3 rings (SSSR count). The summed E-state index contributed by atoms with van der Waals surface area (Å²) in [5, 5.41) is 12.6. The normalized spacial score (nSPS) is 25.1. The van der Waals surface area contributed by atoms with Gasteiger partial charge < -0.3 is 10.4 Å². The molecule has 0 bridgehead atoms. The Morgan fingerprint density at radius 2 is 1.75 bits per heavy atom. The van der Waals surface area contributed by atoms with Gasteiger partial charge in [0.05, 0.1) is 6.61 Å². The summed E-state index contributed by atoms with van der Waals surface area (Å²) in [5.41, 5.74) is 2.38. The van der Waals surface area contributed by atoms with Crippen LogP contribution in [0.4, 0.5) is 0 Å². The molecule has 1 aromatic carbocycles. The van der Waals surface area contributed by atoms with Crippen LogP contribution in [0.1, 0.15) is 36.8 Å². The molecule has 2 heterocycles. The van der Waals surface area contributed by atoms with E-state index in [9.17, 15) is 0 Å². The lowest BCUT2D eigenvalue weighted by Gasteiger charge is -2.34. The summed E-state index contributed by atoms with van der Waals surface area (Å²) in [6.07, 6.45) is 5.40. The van der Waals surface area contributed by atoms with Crippen molar-refractivity contribution in [1.29, 1.82) is 0 Å². The van der Waals surface area contributed by atoms with E-state index in [2.05, 4.69) is 22.3 Å². The lowest BCUT2D eigenvalue weighted by atomic mass is 9.88. The van der Waals surface area contributed by atoms with Crippen LogP contribution in [0.25, 0.3) is 0 Å². The van der Waals surface area contributed by atoms with E-state index < -0.39 is 0 Å². The summed E-state index contributed by atoms with van der Waals surface area (Å²) >= 11 is 0. The molecule has 1 unspecified atom stereocenters. The lowest BCUT2D eigenvalue weighted by molar-refractivity contribution is 0.156. The smallest absolute Gasteiger partial charge is 0.0681 e. The van der Waals surface area contributed by atoms with Crippen molar-refractivity contribution in [3.05, 3.63) is 35.4 Å². The second-order valence-corrected chi connectivity index (χ2v) is 6.24. The first-order valence-electron chi connectivity index (χ1n) is 8.00. The molecule has 0 saturated carbocycles.